The van der Waals surface area contributed by atoms with E-state index in [2.05, 4.69) is 11.1 Å². The average molecular weight is 436 g/mol. The van der Waals surface area contributed by atoms with Crippen molar-refractivity contribution < 1.29 is 9.84 Å². The number of phenols is 1. The number of aliphatic imine (C=N–C) groups is 1. The summed E-state index contributed by atoms with van der Waals surface area (Å²) in [6.45, 7) is 0. The van der Waals surface area contributed by atoms with E-state index in [9.17, 15) is 10.4 Å². The molecule has 0 saturated heterocycles. The van der Waals surface area contributed by atoms with Gasteiger partial charge in [-0.25, -0.2) is 0 Å². The number of allylic oxidation sites excluding steroid dienone is 1. The lowest BCUT2D eigenvalue weighted by atomic mass is 9.83. The number of rotatable bonds is 3. The van der Waals surface area contributed by atoms with E-state index in [1.807, 2.05) is 18.2 Å². The smallest absolute Gasteiger partial charge is 0.205 e. The van der Waals surface area contributed by atoms with Crippen LogP contribution in [0.25, 0.3) is 0 Å². The van der Waals surface area contributed by atoms with Gasteiger partial charge < -0.3 is 15.6 Å². The van der Waals surface area contributed by atoms with Gasteiger partial charge in [0.05, 0.1) is 16.6 Å². The van der Waals surface area contributed by atoms with Gasteiger partial charge in [-0.3, -0.25) is 4.99 Å². The van der Waals surface area contributed by atoms with Crippen LogP contribution in [-0.4, -0.2) is 11.3 Å². The van der Waals surface area contributed by atoms with Gasteiger partial charge in [-0.2, -0.15) is 5.26 Å². The molecular weight excluding hydrogens is 421 g/mol. The van der Waals surface area contributed by atoms with Crippen molar-refractivity contribution in [3.63, 3.8) is 0 Å². The standard InChI is InChI=1S/C23H15Cl2N3O2/c24-15-5-3-4-13(8-15)22-16-9-14(12-28-19-7-2-1-6-18(19)25)20(29)10-21(16)30-23(27)17(22)11-26/h1-10,12,22,29H,27H2. The topological polar surface area (TPSA) is 91.6 Å². The summed E-state index contributed by atoms with van der Waals surface area (Å²) in [5, 5.41) is 21.2. The van der Waals surface area contributed by atoms with Gasteiger partial charge in [0, 0.05) is 28.4 Å². The zero-order valence-corrected chi connectivity index (χ0v) is 17.0. The molecule has 7 heteroatoms. The first-order valence-electron chi connectivity index (χ1n) is 8.96. The number of fused-ring (bicyclic) bond motifs is 1. The van der Waals surface area contributed by atoms with E-state index in [-0.39, 0.29) is 17.2 Å². The third kappa shape index (κ3) is 3.71. The van der Waals surface area contributed by atoms with Gasteiger partial charge >= 0.3 is 0 Å². The van der Waals surface area contributed by atoms with Crippen LogP contribution in [0.1, 0.15) is 22.6 Å². The number of aromatic hydroxyl groups is 1. The normalized spacial score (nSPS) is 15.6. The van der Waals surface area contributed by atoms with Crippen molar-refractivity contribution in [3.8, 4) is 17.6 Å². The Hall–Kier alpha value is -3.46. The van der Waals surface area contributed by atoms with Crippen LogP contribution < -0.4 is 10.5 Å². The van der Waals surface area contributed by atoms with Crippen LogP contribution >= 0.6 is 23.2 Å². The van der Waals surface area contributed by atoms with Crippen molar-refractivity contribution in [1.29, 1.82) is 5.26 Å². The third-order valence-corrected chi connectivity index (χ3v) is 5.30. The summed E-state index contributed by atoms with van der Waals surface area (Å²) in [6, 6.07) is 19.6. The van der Waals surface area contributed by atoms with Crippen LogP contribution in [0.5, 0.6) is 11.5 Å². The fraction of sp³-hybridized carbons (Fsp3) is 0.0435. The lowest BCUT2D eigenvalue weighted by Gasteiger charge is -2.27. The highest BCUT2D eigenvalue weighted by Gasteiger charge is 2.31. The second-order valence-electron chi connectivity index (χ2n) is 6.64. The zero-order valence-electron chi connectivity index (χ0n) is 15.5. The Kier molecular flexibility index (Phi) is 5.37. The van der Waals surface area contributed by atoms with Crippen molar-refractivity contribution in [2.75, 3.05) is 0 Å². The van der Waals surface area contributed by atoms with E-state index in [4.69, 9.17) is 33.7 Å². The quantitative estimate of drug-likeness (QED) is 0.518. The van der Waals surface area contributed by atoms with Crippen LogP contribution in [0.15, 0.2) is 77.1 Å². The molecule has 0 aliphatic carbocycles. The SMILES string of the molecule is N#CC1=C(N)Oc2cc(O)c(C=Nc3ccccc3Cl)cc2C1c1cccc(Cl)c1. The molecule has 3 aromatic carbocycles. The van der Waals surface area contributed by atoms with Crippen molar-refractivity contribution in [3.05, 3.63) is 98.9 Å². The second kappa shape index (κ2) is 8.11. The van der Waals surface area contributed by atoms with Gasteiger partial charge in [0.15, 0.2) is 0 Å². The maximum absolute atomic E-state index is 10.5. The van der Waals surface area contributed by atoms with Crippen LogP contribution in [0.4, 0.5) is 5.69 Å². The molecule has 0 bridgehead atoms. The highest BCUT2D eigenvalue weighted by molar-refractivity contribution is 6.33. The number of nitrogens with two attached hydrogens (primary N) is 1. The van der Waals surface area contributed by atoms with Gasteiger partial charge in [-0.05, 0) is 35.9 Å². The Balaban J connectivity index is 1.84. The Morgan fingerprint density at radius 2 is 1.90 bits per heavy atom. The first-order chi connectivity index (χ1) is 14.5. The Morgan fingerprint density at radius 1 is 1.10 bits per heavy atom. The maximum Gasteiger partial charge on any atom is 0.205 e. The van der Waals surface area contributed by atoms with Crippen LogP contribution in [0.3, 0.4) is 0 Å². The molecule has 0 fully saturated rings. The molecule has 0 radical (unpaired) electrons. The summed E-state index contributed by atoms with van der Waals surface area (Å²) in [6.07, 6.45) is 1.51. The molecule has 30 heavy (non-hydrogen) atoms. The van der Waals surface area contributed by atoms with Crippen LogP contribution in [-0.2, 0) is 0 Å². The summed E-state index contributed by atoms with van der Waals surface area (Å²) >= 11 is 12.3. The fourth-order valence-electron chi connectivity index (χ4n) is 3.34. The van der Waals surface area contributed by atoms with E-state index in [0.29, 0.717) is 32.6 Å². The molecule has 0 saturated carbocycles. The monoisotopic (exact) mass is 435 g/mol. The zero-order chi connectivity index (χ0) is 21.3. The number of para-hydroxylation sites is 1. The lowest BCUT2D eigenvalue weighted by Crippen LogP contribution is -2.21. The first-order valence-corrected chi connectivity index (χ1v) is 9.72. The minimum Gasteiger partial charge on any atom is -0.507 e. The number of nitriles is 1. The second-order valence-corrected chi connectivity index (χ2v) is 7.48. The van der Waals surface area contributed by atoms with E-state index in [1.54, 1.807) is 36.4 Å². The predicted octanol–water partition coefficient (Wildman–Crippen LogP) is 5.67. The van der Waals surface area contributed by atoms with Crippen LogP contribution in [0.2, 0.25) is 10.0 Å². The third-order valence-electron chi connectivity index (χ3n) is 4.74. The lowest BCUT2D eigenvalue weighted by molar-refractivity contribution is 0.388. The van der Waals surface area contributed by atoms with Gasteiger partial charge in [-0.15, -0.1) is 0 Å². The Morgan fingerprint density at radius 3 is 2.63 bits per heavy atom. The van der Waals surface area contributed by atoms with Crippen LogP contribution in [0, 0.1) is 11.3 Å². The number of halogens is 2. The number of benzene rings is 3. The number of hydrogen-bond donors (Lipinski definition) is 2. The largest absolute Gasteiger partial charge is 0.507 e. The molecule has 1 unspecified atom stereocenters. The Labute approximate surface area is 183 Å². The molecule has 0 amide bonds. The summed E-state index contributed by atoms with van der Waals surface area (Å²) in [7, 11) is 0. The minimum absolute atomic E-state index is 0.00754. The summed E-state index contributed by atoms with van der Waals surface area (Å²) in [4.78, 5) is 4.37. The highest BCUT2D eigenvalue weighted by atomic mass is 35.5. The molecule has 4 rings (SSSR count). The molecule has 3 N–H and O–H groups in total. The van der Waals surface area contributed by atoms with Gasteiger partial charge in [0.2, 0.25) is 5.88 Å². The van der Waals surface area contributed by atoms with Gasteiger partial charge in [0.1, 0.15) is 23.1 Å². The number of hydrogen-bond acceptors (Lipinski definition) is 5. The molecule has 0 aromatic heterocycles. The molecular formula is C23H15Cl2N3O2. The van der Waals surface area contributed by atoms with E-state index in [1.165, 1.54) is 12.3 Å². The number of ether oxygens (including phenoxy) is 1. The first kappa shape index (κ1) is 19.8. The van der Waals surface area contributed by atoms with E-state index >= 15 is 0 Å². The number of nitrogens with zero attached hydrogens (tertiary/aromatic N) is 2. The van der Waals surface area contributed by atoms with Gasteiger partial charge in [-0.1, -0.05) is 47.5 Å². The van der Waals surface area contributed by atoms with Crippen molar-refractivity contribution in [2.45, 2.75) is 5.92 Å². The average Bonchev–Trinajstić information content (AvgIpc) is 2.72. The molecule has 3 aromatic rings. The van der Waals surface area contributed by atoms with Gasteiger partial charge in [0.25, 0.3) is 0 Å². The summed E-state index contributed by atoms with van der Waals surface area (Å²) < 4.78 is 5.61. The van der Waals surface area contributed by atoms with E-state index in [0.717, 1.165) is 5.56 Å². The molecule has 0 spiro atoms. The maximum atomic E-state index is 10.5. The molecule has 1 aliphatic rings. The summed E-state index contributed by atoms with van der Waals surface area (Å²) in [5.74, 6) is -0.177. The highest BCUT2D eigenvalue weighted by Crippen LogP contribution is 2.44. The fourth-order valence-corrected chi connectivity index (χ4v) is 3.72. The summed E-state index contributed by atoms with van der Waals surface area (Å²) in [5.41, 5.74) is 8.72. The van der Waals surface area contributed by atoms with Crippen molar-refractivity contribution in [2.24, 2.45) is 10.7 Å². The minimum atomic E-state index is -0.495. The Bertz CT molecular complexity index is 1250. The molecule has 5 nitrogen and oxygen atoms in total. The van der Waals surface area contributed by atoms with Crippen molar-refractivity contribution in [1.82, 2.24) is 0 Å². The van der Waals surface area contributed by atoms with E-state index < -0.39 is 5.92 Å². The number of phenolic OH excluding ortho intramolecular Hbond substituents is 1. The predicted molar refractivity (Wildman–Crippen MR) is 118 cm³/mol. The molecule has 148 valence electrons. The molecule has 1 aliphatic heterocycles. The van der Waals surface area contributed by atoms with Crippen molar-refractivity contribution >= 4 is 35.1 Å². The molecule has 1 atom stereocenters. The molecule has 1 heterocycles.